The van der Waals surface area contributed by atoms with Crippen molar-refractivity contribution < 1.29 is 19.2 Å². The maximum absolute atomic E-state index is 12.2. The van der Waals surface area contributed by atoms with Crippen LogP contribution in [0.2, 0.25) is 5.02 Å². The molecule has 24 heavy (non-hydrogen) atoms. The van der Waals surface area contributed by atoms with Crippen molar-refractivity contribution >= 4 is 29.2 Å². The smallest absolute Gasteiger partial charge is 0.340 e. The molecule has 1 fully saturated rings. The maximum atomic E-state index is 12.2. The lowest BCUT2D eigenvalue weighted by Crippen LogP contribution is -2.44. The molecule has 1 aliphatic rings. The monoisotopic (exact) mass is 354 g/mol. The summed E-state index contributed by atoms with van der Waals surface area (Å²) in [5, 5.41) is 10.6. The van der Waals surface area contributed by atoms with Gasteiger partial charge in [0.15, 0.2) is 6.61 Å². The molecule has 1 heterocycles. The highest BCUT2D eigenvalue weighted by atomic mass is 35.5. The summed E-state index contributed by atoms with van der Waals surface area (Å²) >= 11 is 5.87. The number of likely N-dealkylation sites (tertiary alicyclic amines) is 1. The zero-order valence-corrected chi connectivity index (χ0v) is 14.3. The van der Waals surface area contributed by atoms with Gasteiger partial charge in [-0.1, -0.05) is 25.4 Å². The van der Waals surface area contributed by atoms with E-state index in [1.807, 2.05) is 0 Å². The van der Waals surface area contributed by atoms with Crippen molar-refractivity contribution in [3.63, 3.8) is 0 Å². The zero-order chi connectivity index (χ0) is 17.9. The average molecular weight is 355 g/mol. The van der Waals surface area contributed by atoms with Gasteiger partial charge in [-0.15, -0.1) is 0 Å². The number of piperidine rings is 1. The van der Waals surface area contributed by atoms with E-state index in [2.05, 4.69) is 13.8 Å². The lowest BCUT2D eigenvalue weighted by atomic mass is 9.92. The number of rotatable bonds is 4. The number of nitro groups is 1. The van der Waals surface area contributed by atoms with Crippen LogP contribution < -0.4 is 0 Å². The molecule has 0 spiro atoms. The molecule has 2 rings (SSSR count). The summed E-state index contributed by atoms with van der Waals surface area (Å²) in [6, 6.07) is 3.46. The highest BCUT2D eigenvalue weighted by Gasteiger charge is 2.26. The number of ether oxygens (including phenoxy) is 1. The van der Waals surface area contributed by atoms with Crippen molar-refractivity contribution in [2.45, 2.75) is 20.3 Å². The van der Waals surface area contributed by atoms with E-state index in [0.29, 0.717) is 24.9 Å². The largest absolute Gasteiger partial charge is 0.452 e. The first kappa shape index (κ1) is 18.2. The molecule has 130 valence electrons. The topological polar surface area (TPSA) is 89.8 Å². The van der Waals surface area contributed by atoms with Gasteiger partial charge < -0.3 is 9.64 Å². The SMILES string of the molecule is CC1CC(C)CN(C(=O)COC(=O)c2ccc([N+](=O)[O-])cc2Cl)C1. The minimum atomic E-state index is -0.777. The van der Waals surface area contributed by atoms with E-state index in [4.69, 9.17) is 16.3 Å². The average Bonchev–Trinajstić information content (AvgIpc) is 2.51. The van der Waals surface area contributed by atoms with E-state index >= 15 is 0 Å². The number of hydrogen-bond donors (Lipinski definition) is 0. The fraction of sp³-hybridized carbons (Fsp3) is 0.500. The van der Waals surface area contributed by atoms with Crippen molar-refractivity contribution in [2.75, 3.05) is 19.7 Å². The molecule has 0 saturated carbocycles. The number of halogens is 1. The molecule has 0 bridgehead atoms. The van der Waals surface area contributed by atoms with Gasteiger partial charge >= 0.3 is 5.97 Å². The Hall–Kier alpha value is -2.15. The summed E-state index contributed by atoms with van der Waals surface area (Å²) in [6.45, 7) is 5.10. The van der Waals surface area contributed by atoms with Gasteiger partial charge in [-0.05, 0) is 24.3 Å². The third-order valence-corrected chi connectivity index (χ3v) is 4.24. The van der Waals surface area contributed by atoms with E-state index in [-0.39, 0.29) is 28.8 Å². The third-order valence-electron chi connectivity index (χ3n) is 3.93. The van der Waals surface area contributed by atoms with Crippen LogP contribution in [0.25, 0.3) is 0 Å². The quantitative estimate of drug-likeness (QED) is 0.471. The lowest BCUT2D eigenvalue weighted by Gasteiger charge is -2.34. The Labute approximate surface area is 144 Å². The third kappa shape index (κ3) is 4.44. The number of hydrogen-bond acceptors (Lipinski definition) is 5. The summed E-state index contributed by atoms with van der Waals surface area (Å²) in [5.74, 6) is -0.198. The predicted molar refractivity (Wildman–Crippen MR) is 87.9 cm³/mol. The van der Waals surface area contributed by atoms with Gasteiger partial charge in [-0.2, -0.15) is 0 Å². The summed E-state index contributed by atoms with van der Waals surface area (Å²) < 4.78 is 5.01. The Morgan fingerprint density at radius 3 is 2.50 bits per heavy atom. The molecule has 2 unspecified atom stereocenters. The van der Waals surface area contributed by atoms with Gasteiger partial charge in [-0.3, -0.25) is 14.9 Å². The van der Waals surface area contributed by atoms with Gasteiger partial charge in [0.1, 0.15) is 0 Å². The van der Waals surface area contributed by atoms with Gasteiger partial charge in [0, 0.05) is 25.2 Å². The van der Waals surface area contributed by atoms with Crippen molar-refractivity contribution in [1.82, 2.24) is 4.90 Å². The molecule has 0 aromatic heterocycles. The van der Waals surface area contributed by atoms with Crippen LogP contribution in [-0.4, -0.2) is 41.4 Å². The number of non-ortho nitro benzene ring substituents is 1. The number of esters is 1. The molecule has 1 aromatic rings. The molecular weight excluding hydrogens is 336 g/mol. The molecule has 0 N–H and O–H groups in total. The Balaban J connectivity index is 1.95. The number of carbonyl (C=O) groups excluding carboxylic acids is 2. The number of nitrogens with zero attached hydrogens (tertiary/aromatic N) is 2. The van der Waals surface area contributed by atoms with Crippen LogP contribution in [0, 0.1) is 22.0 Å². The Morgan fingerprint density at radius 1 is 1.33 bits per heavy atom. The number of carbonyl (C=O) groups is 2. The van der Waals surface area contributed by atoms with Crippen LogP contribution >= 0.6 is 11.6 Å². The van der Waals surface area contributed by atoms with E-state index in [9.17, 15) is 19.7 Å². The van der Waals surface area contributed by atoms with Crippen molar-refractivity contribution in [3.8, 4) is 0 Å². The van der Waals surface area contributed by atoms with Crippen molar-refractivity contribution in [3.05, 3.63) is 38.9 Å². The van der Waals surface area contributed by atoms with Crippen molar-refractivity contribution in [1.29, 1.82) is 0 Å². The van der Waals surface area contributed by atoms with Crippen molar-refractivity contribution in [2.24, 2.45) is 11.8 Å². The summed E-state index contributed by atoms with van der Waals surface area (Å²) in [5.41, 5.74) is -0.223. The molecule has 1 aromatic carbocycles. The first-order chi connectivity index (χ1) is 11.3. The zero-order valence-electron chi connectivity index (χ0n) is 13.5. The minimum absolute atomic E-state index is 0.00422. The first-order valence-corrected chi connectivity index (χ1v) is 8.04. The summed E-state index contributed by atoms with van der Waals surface area (Å²) in [6.07, 6.45) is 1.07. The molecule has 2 atom stereocenters. The maximum Gasteiger partial charge on any atom is 0.340 e. The highest BCUT2D eigenvalue weighted by molar-refractivity contribution is 6.33. The molecule has 0 radical (unpaired) electrons. The van der Waals surface area contributed by atoms with Gasteiger partial charge in [-0.25, -0.2) is 4.79 Å². The standard InChI is InChI=1S/C16H19ClN2O5/c1-10-5-11(2)8-18(7-10)15(20)9-24-16(21)13-4-3-12(19(22)23)6-14(13)17/h3-4,6,10-11H,5,7-9H2,1-2H3. The number of amides is 1. The molecule has 1 aliphatic heterocycles. The van der Waals surface area contributed by atoms with Crippen LogP contribution in [0.1, 0.15) is 30.6 Å². The Morgan fingerprint density at radius 2 is 1.96 bits per heavy atom. The molecular formula is C16H19ClN2O5. The summed E-state index contributed by atoms with van der Waals surface area (Å²) in [4.78, 5) is 35.9. The Kier molecular flexibility index (Phi) is 5.77. The van der Waals surface area contributed by atoms with Crippen LogP contribution in [0.5, 0.6) is 0 Å². The molecule has 1 saturated heterocycles. The van der Waals surface area contributed by atoms with E-state index < -0.39 is 10.9 Å². The van der Waals surface area contributed by atoms with E-state index in [1.165, 1.54) is 6.07 Å². The molecule has 8 heteroatoms. The van der Waals surface area contributed by atoms with Crippen LogP contribution in [0.4, 0.5) is 5.69 Å². The van der Waals surface area contributed by atoms with E-state index in [1.54, 1.807) is 4.90 Å². The molecule has 1 amide bonds. The first-order valence-electron chi connectivity index (χ1n) is 7.66. The summed E-state index contributed by atoms with van der Waals surface area (Å²) in [7, 11) is 0. The van der Waals surface area contributed by atoms with Gasteiger partial charge in [0.05, 0.1) is 15.5 Å². The predicted octanol–water partition coefficient (Wildman–Crippen LogP) is 2.91. The van der Waals surface area contributed by atoms with Gasteiger partial charge in [0.25, 0.3) is 11.6 Å². The number of benzene rings is 1. The fourth-order valence-corrected chi connectivity index (χ4v) is 3.20. The van der Waals surface area contributed by atoms with E-state index in [0.717, 1.165) is 18.6 Å². The molecule has 7 nitrogen and oxygen atoms in total. The molecule has 0 aliphatic carbocycles. The van der Waals surface area contributed by atoms with Crippen LogP contribution in [0.3, 0.4) is 0 Å². The minimum Gasteiger partial charge on any atom is -0.452 e. The second-order valence-electron chi connectivity index (χ2n) is 6.24. The lowest BCUT2D eigenvalue weighted by molar-refractivity contribution is -0.384. The fourth-order valence-electron chi connectivity index (χ4n) is 2.95. The second kappa shape index (κ2) is 7.61. The highest BCUT2D eigenvalue weighted by Crippen LogP contribution is 2.24. The number of nitro benzene ring substituents is 1. The normalized spacial score (nSPS) is 20.5. The van der Waals surface area contributed by atoms with Crippen LogP contribution in [0.15, 0.2) is 18.2 Å². The second-order valence-corrected chi connectivity index (χ2v) is 6.65. The van der Waals surface area contributed by atoms with Gasteiger partial charge in [0.2, 0.25) is 0 Å². The van der Waals surface area contributed by atoms with Crippen LogP contribution in [-0.2, 0) is 9.53 Å². The Bertz CT molecular complexity index is 654.